The van der Waals surface area contributed by atoms with Crippen LogP contribution in [0.5, 0.6) is 11.5 Å². The standard InChI is InChI=1S/C28H38N4O8/c1-4-15(2)24(28(39)40)32-26(37)22(14-18-7-11-20(35)12-8-18)30-25(36)21(31-27(38)23(29)16(3)33)13-17-5-9-19(34)10-6-17/h5-12,15-16,21-24,33-35H,4,13-14,29H2,1-3H3,(H,30,36)(H,31,38)(H,32,37)(H,39,40). The third kappa shape index (κ3) is 9.54. The quantitative estimate of drug-likeness (QED) is 0.159. The van der Waals surface area contributed by atoms with Gasteiger partial charge < -0.3 is 42.1 Å². The van der Waals surface area contributed by atoms with Crippen molar-refractivity contribution in [3.05, 3.63) is 59.7 Å². The average molecular weight is 559 g/mol. The molecule has 0 aliphatic carbocycles. The molecule has 40 heavy (non-hydrogen) atoms. The van der Waals surface area contributed by atoms with Gasteiger partial charge in [0.15, 0.2) is 0 Å². The minimum Gasteiger partial charge on any atom is -0.508 e. The highest BCUT2D eigenvalue weighted by molar-refractivity contribution is 5.94. The van der Waals surface area contributed by atoms with E-state index in [-0.39, 0.29) is 24.3 Å². The number of hydrogen-bond acceptors (Lipinski definition) is 8. The van der Waals surface area contributed by atoms with Crippen LogP contribution in [0.1, 0.15) is 38.3 Å². The molecule has 0 spiro atoms. The number of carbonyl (C=O) groups is 4. The van der Waals surface area contributed by atoms with Gasteiger partial charge in [0.1, 0.15) is 35.7 Å². The second-order valence-electron chi connectivity index (χ2n) is 9.84. The summed E-state index contributed by atoms with van der Waals surface area (Å²) >= 11 is 0. The van der Waals surface area contributed by atoms with Gasteiger partial charge in [0.2, 0.25) is 17.7 Å². The van der Waals surface area contributed by atoms with E-state index in [1.165, 1.54) is 31.2 Å². The fourth-order valence-electron chi connectivity index (χ4n) is 3.85. The number of aromatic hydroxyl groups is 2. The van der Waals surface area contributed by atoms with E-state index in [9.17, 15) is 39.6 Å². The van der Waals surface area contributed by atoms with Gasteiger partial charge in [-0.15, -0.1) is 0 Å². The molecule has 6 unspecified atom stereocenters. The monoisotopic (exact) mass is 558 g/mol. The van der Waals surface area contributed by atoms with Gasteiger partial charge in [-0.05, 0) is 48.2 Å². The molecule has 0 saturated carbocycles. The Morgan fingerprint density at radius 2 is 1.15 bits per heavy atom. The molecule has 2 aromatic carbocycles. The molecular formula is C28H38N4O8. The Balaban J connectivity index is 2.36. The van der Waals surface area contributed by atoms with E-state index in [2.05, 4.69) is 16.0 Å². The summed E-state index contributed by atoms with van der Waals surface area (Å²) < 4.78 is 0. The number of nitrogens with one attached hydrogen (secondary N) is 3. The van der Waals surface area contributed by atoms with Gasteiger partial charge in [-0.1, -0.05) is 44.5 Å². The van der Waals surface area contributed by atoms with Crippen molar-refractivity contribution >= 4 is 23.7 Å². The molecule has 0 aliphatic rings. The number of carboxylic acids is 1. The van der Waals surface area contributed by atoms with Gasteiger partial charge in [-0.25, -0.2) is 4.79 Å². The topological polar surface area (TPSA) is 211 Å². The molecule has 0 radical (unpaired) electrons. The van der Waals surface area contributed by atoms with Gasteiger partial charge in [-0.2, -0.15) is 0 Å². The number of aliphatic hydroxyl groups is 1. The summed E-state index contributed by atoms with van der Waals surface area (Å²) in [6, 6.07) is 6.88. The Hall–Kier alpha value is -4.16. The summed E-state index contributed by atoms with van der Waals surface area (Å²) in [6.07, 6.45) is -0.796. The predicted molar refractivity (Wildman–Crippen MR) is 146 cm³/mol. The summed E-state index contributed by atoms with van der Waals surface area (Å²) in [5, 5.41) is 46.2. The third-order valence-electron chi connectivity index (χ3n) is 6.62. The number of rotatable bonds is 14. The van der Waals surface area contributed by atoms with E-state index < -0.39 is 59.9 Å². The molecule has 0 aliphatic heterocycles. The fourth-order valence-corrected chi connectivity index (χ4v) is 3.85. The predicted octanol–water partition coefficient (Wildman–Crippen LogP) is 0.176. The van der Waals surface area contributed by atoms with Gasteiger partial charge in [0.05, 0.1) is 6.10 Å². The van der Waals surface area contributed by atoms with E-state index in [1.54, 1.807) is 38.1 Å². The molecule has 218 valence electrons. The zero-order chi connectivity index (χ0) is 30.0. The van der Waals surface area contributed by atoms with Crippen LogP contribution in [0, 0.1) is 5.92 Å². The number of carbonyl (C=O) groups excluding carboxylic acids is 3. The Kier molecular flexibility index (Phi) is 11.9. The summed E-state index contributed by atoms with van der Waals surface area (Å²) in [4.78, 5) is 51.3. The molecule has 0 fully saturated rings. The maximum atomic E-state index is 13.5. The van der Waals surface area contributed by atoms with E-state index in [1.807, 2.05) is 0 Å². The van der Waals surface area contributed by atoms with Gasteiger partial charge in [-0.3, -0.25) is 14.4 Å². The summed E-state index contributed by atoms with van der Waals surface area (Å²) in [7, 11) is 0. The number of nitrogens with two attached hydrogens (primary N) is 1. The lowest BCUT2D eigenvalue weighted by Crippen LogP contribution is -2.59. The third-order valence-corrected chi connectivity index (χ3v) is 6.62. The van der Waals surface area contributed by atoms with Crippen molar-refractivity contribution in [2.75, 3.05) is 0 Å². The maximum Gasteiger partial charge on any atom is 0.326 e. The van der Waals surface area contributed by atoms with Crippen LogP contribution >= 0.6 is 0 Å². The first-order valence-corrected chi connectivity index (χ1v) is 13.0. The SMILES string of the molecule is CCC(C)C(NC(=O)C(Cc1ccc(O)cc1)NC(=O)C(Cc1ccc(O)cc1)NC(=O)C(N)C(C)O)C(=O)O. The number of hydrogen-bond donors (Lipinski definition) is 8. The number of phenolic OH excluding ortho intramolecular Hbond substituents is 2. The molecule has 12 heteroatoms. The number of benzene rings is 2. The van der Waals surface area contributed by atoms with E-state index in [0.717, 1.165) is 0 Å². The van der Waals surface area contributed by atoms with Crippen molar-refractivity contribution in [1.29, 1.82) is 0 Å². The zero-order valence-electron chi connectivity index (χ0n) is 22.7. The molecule has 0 saturated heterocycles. The minimum absolute atomic E-state index is 0.00243. The number of amides is 3. The average Bonchev–Trinajstić information content (AvgIpc) is 2.91. The largest absolute Gasteiger partial charge is 0.508 e. The highest BCUT2D eigenvalue weighted by atomic mass is 16.4. The van der Waals surface area contributed by atoms with Crippen molar-refractivity contribution in [2.24, 2.45) is 11.7 Å². The normalized spacial score (nSPS) is 15.5. The van der Waals surface area contributed by atoms with Crippen molar-refractivity contribution < 1.29 is 39.6 Å². The molecule has 2 rings (SSSR count). The highest BCUT2D eigenvalue weighted by Gasteiger charge is 2.32. The second kappa shape index (κ2) is 14.8. The lowest BCUT2D eigenvalue weighted by Gasteiger charge is -2.27. The van der Waals surface area contributed by atoms with Crippen molar-refractivity contribution in [3.63, 3.8) is 0 Å². The number of carboxylic acid groups (broad SMARTS) is 1. The summed E-state index contributed by atoms with van der Waals surface area (Å²) in [6.45, 7) is 4.80. The molecule has 2 aromatic rings. The Morgan fingerprint density at radius 1 is 0.750 bits per heavy atom. The first-order chi connectivity index (χ1) is 18.8. The first kappa shape index (κ1) is 32.1. The number of aliphatic carboxylic acids is 1. The Bertz CT molecular complexity index is 1150. The Labute approximate surface area is 232 Å². The van der Waals surface area contributed by atoms with E-state index in [0.29, 0.717) is 17.5 Å². The maximum absolute atomic E-state index is 13.5. The number of phenols is 2. The molecule has 0 aromatic heterocycles. The minimum atomic E-state index is -1.32. The molecule has 0 bridgehead atoms. The molecule has 0 heterocycles. The van der Waals surface area contributed by atoms with Crippen LogP contribution in [0.4, 0.5) is 0 Å². The number of aliphatic hydroxyl groups excluding tert-OH is 1. The molecule has 9 N–H and O–H groups in total. The van der Waals surface area contributed by atoms with Crippen LogP contribution in [0.25, 0.3) is 0 Å². The highest BCUT2D eigenvalue weighted by Crippen LogP contribution is 2.15. The molecule has 3 amide bonds. The van der Waals surface area contributed by atoms with E-state index >= 15 is 0 Å². The first-order valence-electron chi connectivity index (χ1n) is 13.0. The second-order valence-corrected chi connectivity index (χ2v) is 9.84. The van der Waals surface area contributed by atoms with Crippen LogP contribution < -0.4 is 21.7 Å². The van der Waals surface area contributed by atoms with Gasteiger partial charge in [0.25, 0.3) is 0 Å². The van der Waals surface area contributed by atoms with Crippen LogP contribution in [0.15, 0.2) is 48.5 Å². The van der Waals surface area contributed by atoms with Crippen molar-refractivity contribution in [1.82, 2.24) is 16.0 Å². The zero-order valence-corrected chi connectivity index (χ0v) is 22.7. The van der Waals surface area contributed by atoms with Crippen LogP contribution in [-0.2, 0) is 32.0 Å². The van der Waals surface area contributed by atoms with Gasteiger partial charge in [0, 0.05) is 12.8 Å². The fraction of sp³-hybridized carbons (Fsp3) is 0.429. The summed E-state index contributed by atoms with van der Waals surface area (Å²) in [5.74, 6) is -3.90. The molecule has 6 atom stereocenters. The Morgan fingerprint density at radius 3 is 1.52 bits per heavy atom. The van der Waals surface area contributed by atoms with Crippen molar-refractivity contribution in [3.8, 4) is 11.5 Å². The lowest BCUT2D eigenvalue weighted by atomic mass is 9.97. The van der Waals surface area contributed by atoms with E-state index in [4.69, 9.17) is 5.73 Å². The summed E-state index contributed by atoms with van der Waals surface area (Å²) in [5.41, 5.74) is 6.89. The van der Waals surface area contributed by atoms with Crippen LogP contribution in [-0.4, -0.2) is 74.4 Å². The smallest absolute Gasteiger partial charge is 0.326 e. The van der Waals surface area contributed by atoms with Gasteiger partial charge >= 0.3 is 5.97 Å². The molecular weight excluding hydrogens is 520 g/mol. The van der Waals surface area contributed by atoms with Crippen LogP contribution in [0.3, 0.4) is 0 Å². The lowest BCUT2D eigenvalue weighted by molar-refractivity contribution is -0.143. The van der Waals surface area contributed by atoms with Crippen LogP contribution in [0.2, 0.25) is 0 Å². The molecule has 12 nitrogen and oxygen atoms in total. The van der Waals surface area contributed by atoms with Crippen molar-refractivity contribution in [2.45, 2.75) is 70.3 Å².